The van der Waals surface area contributed by atoms with Gasteiger partial charge in [-0.2, -0.15) is 0 Å². The SMILES string of the molecule is CCCOc1ccc(OC(=O)C2CCS(=O)(=O)C2)cc1. The van der Waals surface area contributed by atoms with E-state index in [0.29, 0.717) is 18.8 Å². The van der Waals surface area contributed by atoms with E-state index in [1.165, 1.54) is 0 Å². The Kier molecular flexibility index (Phi) is 4.65. The van der Waals surface area contributed by atoms with Gasteiger partial charge in [0.1, 0.15) is 11.5 Å². The summed E-state index contributed by atoms with van der Waals surface area (Å²) in [5, 5.41) is 0. The summed E-state index contributed by atoms with van der Waals surface area (Å²) in [6, 6.07) is 6.74. The maximum Gasteiger partial charge on any atom is 0.315 e. The monoisotopic (exact) mass is 298 g/mol. The van der Waals surface area contributed by atoms with Gasteiger partial charge >= 0.3 is 5.97 Å². The van der Waals surface area contributed by atoms with Crippen molar-refractivity contribution in [3.63, 3.8) is 0 Å². The third-order valence-electron chi connectivity index (χ3n) is 3.08. The van der Waals surface area contributed by atoms with Gasteiger partial charge in [0, 0.05) is 0 Å². The standard InChI is InChI=1S/C14H18O5S/c1-2-8-18-12-3-5-13(6-4-12)19-14(15)11-7-9-20(16,17)10-11/h3-6,11H,2,7-10H2,1H3. The Labute approximate surface area is 118 Å². The Balaban J connectivity index is 1.91. The summed E-state index contributed by atoms with van der Waals surface area (Å²) in [4.78, 5) is 11.8. The summed E-state index contributed by atoms with van der Waals surface area (Å²) >= 11 is 0. The van der Waals surface area contributed by atoms with E-state index in [9.17, 15) is 13.2 Å². The number of ether oxygens (including phenoxy) is 2. The summed E-state index contributed by atoms with van der Waals surface area (Å²) in [5.41, 5.74) is 0. The lowest BCUT2D eigenvalue weighted by Gasteiger charge is -2.09. The molecule has 1 aromatic carbocycles. The van der Waals surface area contributed by atoms with Crippen molar-refractivity contribution in [2.24, 2.45) is 5.92 Å². The van der Waals surface area contributed by atoms with Gasteiger partial charge in [-0.25, -0.2) is 8.42 Å². The van der Waals surface area contributed by atoms with Gasteiger partial charge in [-0.15, -0.1) is 0 Å². The number of carbonyl (C=O) groups excluding carboxylic acids is 1. The van der Waals surface area contributed by atoms with Crippen molar-refractivity contribution in [3.05, 3.63) is 24.3 Å². The molecule has 0 spiro atoms. The Morgan fingerprint density at radius 1 is 1.25 bits per heavy atom. The van der Waals surface area contributed by atoms with Crippen molar-refractivity contribution in [2.45, 2.75) is 19.8 Å². The van der Waals surface area contributed by atoms with E-state index in [1.54, 1.807) is 24.3 Å². The molecule has 0 radical (unpaired) electrons. The molecule has 20 heavy (non-hydrogen) atoms. The molecule has 0 N–H and O–H groups in total. The minimum atomic E-state index is -3.07. The highest BCUT2D eigenvalue weighted by Crippen LogP contribution is 2.23. The normalized spacial score (nSPS) is 20.6. The molecule has 2 rings (SSSR count). The molecule has 6 heteroatoms. The topological polar surface area (TPSA) is 69.7 Å². The third-order valence-corrected chi connectivity index (χ3v) is 4.85. The zero-order valence-corrected chi connectivity index (χ0v) is 12.2. The van der Waals surface area contributed by atoms with Gasteiger partial charge in [-0.3, -0.25) is 4.79 Å². The number of hydrogen-bond acceptors (Lipinski definition) is 5. The lowest BCUT2D eigenvalue weighted by molar-refractivity contribution is -0.138. The molecule has 0 aliphatic carbocycles. The van der Waals surface area contributed by atoms with E-state index in [2.05, 4.69) is 0 Å². The Bertz CT molecular complexity index is 562. The van der Waals surface area contributed by atoms with E-state index >= 15 is 0 Å². The number of rotatable bonds is 5. The smallest absolute Gasteiger partial charge is 0.315 e. The van der Waals surface area contributed by atoms with Crippen molar-refractivity contribution in [3.8, 4) is 11.5 Å². The summed E-state index contributed by atoms with van der Waals surface area (Å²) in [6.45, 7) is 2.66. The van der Waals surface area contributed by atoms with E-state index in [4.69, 9.17) is 9.47 Å². The second-order valence-electron chi connectivity index (χ2n) is 4.84. The number of carbonyl (C=O) groups is 1. The Hall–Kier alpha value is -1.56. The van der Waals surface area contributed by atoms with Gasteiger partial charge in [0.15, 0.2) is 9.84 Å². The second kappa shape index (κ2) is 6.26. The highest BCUT2D eigenvalue weighted by atomic mass is 32.2. The largest absolute Gasteiger partial charge is 0.494 e. The summed E-state index contributed by atoms with van der Waals surface area (Å²) in [6.07, 6.45) is 1.27. The predicted molar refractivity (Wildman–Crippen MR) is 74.6 cm³/mol. The number of benzene rings is 1. The summed E-state index contributed by atoms with van der Waals surface area (Å²) < 4.78 is 33.3. The molecular weight excluding hydrogens is 280 g/mol. The first-order chi connectivity index (χ1) is 9.50. The van der Waals surface area contributed by atoms with Crippen LogP contribution in [0, 0.1) is 5.92 Å². The van der Waals surface area contributed by atoms with E-state index in [1.807, 2.05) is 6.92 Å². The van der Waals surface area contributed by atoms with Crippen LogP contribution in [-0.4, -0.2) is 32.5 Å². The van der Waals surface area contributed by atoms with Crippen molar-refractivity contribution in [2.75, 3.05) is 18.1 Å². The van der Waals surface area contributed by atoms with Crippen molar-refractivity contribution < 1.29 is 22.7 Å². The number of hydrogen-bond donors (Lipinski definition) is 0. The van der Waals surface area contributed by atoms with Crippen molar-refractivity contribution in [1.82, 2.24) is 0 Å². The molecule has 1 fully saturated rings. The first kappa shape index (κ1) is 14.8. The highest BCUT2D eigenvalue weighted by Gasteiger charge is 2.34. The predicted octanol–water partition coefficient (Wildman–Crippen LogP) is 1.82. The molecule has 0 bridgehead atoms. The molecule has 0 aromatic heterocycles. The molecule has 1 saturated heterocycles. The zero-order chi connectivity index (χ0) is 14.6. The highest BCUT2D eigenvalue weighted by molar-refractivity contribution is 7.91. The lowest BCUT2D eigenvalue weighted by atomic mass is 10.1. The van der Waals surface area contributed by atoms with Crippen LogP contribution in [0.5, 0.6) is 11.5 Å². The van der Waals surface area contributed by atoms with Crippen LogP contribution in [0.1, 0.15) is 19.8 Å². The summed E-state index contributed by atoms with van der Waals surface area (Å²) in [7, 11) is -3.07. The van der Waals surface area contributed by atoms with Crippen LogP contribution in [0.25, 0.3) is 0 Å². The van der Waals surface area contributed by atoms with Crippen LogP contribution in [0.15, 0.2) is 24.3 Å². The first-order valence-corrected chi connectivity index (χ1v) is 8.47. The van der Waals surface area contributed by atoms with Crippen LogP contribution in [-0.2, 0) is 14.6 Å². The van der Waals surface area contributed by atoms with Crippen LogP contribution >= 0.6 is 0 Å². The molecule has 0 amide bonds. The molecule has 1 aliphatic heterocycles. The second-order valence-corrected chi connectivity index (χ2v) is 7.07. The van der Waals surface area contributed by atoms with E-state index in [-0.39, 0.29) is 11.5 Å². The minimum absolute atomic E-state index is 0.0660. The van der Waals surface area contributed by atoms with Gasteiger partial charge in [0.25, 0.3) is 0 Å². The van der Waals surface area contributed by atoms with Crippen LogP contribution in [0.4, 0.5) is 0 Å². The lowest BCUT2D eigenvalue weighted by Crippen LogP contribution is -2.21. The van der Waals surface area contributed by atoms with Gasteiger partial charge in [-0.05, 0) is 37.1 Å². The van der Waals surface area contributed by atoms with Crippen LogP contribution < -0.4 is 9.47 Å². The average Bonchev–Trinajstić information content (AvgIpc) is 2.78. The Morgan fingerprint density at radius 2 is 1.90 bits per heavy atom. The fourth-order valence-corrected chi connectivity index (χ4v) is 3.73. The molecular formula is C14H18O5S. The molecule has 1 unspecified atom stereocenters. The molecule has 0 saturated carbocycles. The van der Waals surface area contributed by atoms with Gasteiger partial charge in [0.2, 0.25) is 0 Å². The van der Waals surface area contributed by atoms with Gasteiger partial charge < -0.3 is 9.47 Å². The third kappa shape index (κ3) is 3.96. The summed E-state index contributed by atoms with van der Waals surface area (Å²) in [5.74, 6) is 0.0580. The molecule has 1 aromatic rings. The molecule has 5 nitrogen and oxygen atoms in total. The first-order valence-electron chi connectivity index (χ1n) is 6.65. The average molecular weight is 298 g/mol. The fraction of sp³-hybridized carbons (Fsp3) is 0.500. The van der Waals surface area contributed by atoms with E-state index in [0.717, 1.165) is 12.2 Å². The molecule has 1 heterocycles. The van der Waals surface area contributed by atoms with Crippen LogP contribution in [0.2, 0.25) is 0 Å². The Morgan fingerprint density at radius 3 is 2.45 bits per heavy atom. The van der Waals surface area contributed by atoms with E-state index < -0.39 is 21.7 Å². The van der Waals surface area contributed by atoms with Gasteiger partial charge in [0.05, 0.1) is 24.0 Å². The van der Waals surface area contributed by atoms with Crippen molar-refractivity contribution >= 4 is 15.8 Å². The number of esters is 1. The zero-order valence-electron chi connectivity index (χ0n) is 11.4. The van der Waals surface area contributed by atoms with Crippen molar-refractivity contribution in [1.29, 1.82) is 0 Å². The quantitative estimate of drug-likeness (QED) is 0.612. The fourth-order valence-electron chi connectivity index (χ4n) is 2.00. The molecule has 110 valence electrons. The molecule has 1 aliphatic rings. The maximum absolute atomic E-state index is 11.8. The van der Waals surface area contributed by atoms with Gasteiger partial charge in [-0.1, -0.05) is 6.92 Å². The maximum atomic E-state index is 11.8. The van der Waals surface area contributed by atoms with Crippen LogP contribution in [0.3, 0.4) is 0 Å². The minimum Gasteiger partial charge on any atom is -0.494 e. The number of sulfone groups is 1. The molecule has 1 atom stereocenters.